The van der Waals surface area contributed by atoms with Crippen molar-refractivity contribution in [2.45, 2.75) is 13.0 Å². The van der Waals surface area contributed by atoms with Crippen LogP contribution in [-0.4, -0.2) is 40.4 Å². The van der Waals surface area contributed by atoms with E-state index in [-0.39, 0.29) is 30.3 Å². The molecule has 1 atom stereocenters. The lowest BCUT2D eigenvalue weighted by Crippen LogP contribution is -2.32. The van der Waals surface area contributed by atoms with Crippen LogP contribution in [-0.2, 0) is 7.05 Å². The maximum atomic E-state index is 14.4. The Kier molecular flexibility index (Phi) is 7.58. The lowest BCUT2D eigenvalue weighted by atomic mass is 10.0. The maximum absolute atomic E-state index is 14.4. The molecule has 0 radical (unpaired) electrons. The van der Waals surface area contributed by atoms with Gasteiger partial charge in [-0.3, -0.25) is 4.79 Å². The number of aliphatic hydroxyl groups excluding tert-OH is 1. The van der Waals surface area contributed by atoms with Crippen LogP contribution in [0.2, 0.25) is 5.02 Å². The summed E-state index contributed by atoms with van der Waals surface area (Å²) in [7, 11) is 3.20. The summed E-state index contributed by atoms with van der Waals surface area (Å²) in [4.78, 5) is 23.9. The lowest BCUT2D eigenvalue weighted by Gasteiger charge is -2.18. The number of ether oxygens (including phenoxy) is 1. The zero-order valence-electron chi connectivity index (χ0n) is 17.0. The number of carbonyl (C=O) groups excluding carboxylic acids is 1. The molecule has 10 heteroatoms. The molecule has 3 N–H and O–H groups in total. The smallest absolute Gasteiger partial charge is 0.335 e. The third-order valence-corrected chi connectivity index (χ3v) is 5.53. The minimum Gasteiger partial charge on any atom is -0.496 e. The van der Waals surface area contributed by atoms with Gasteiger partial charge in [0.1, 0.15) is 17.3 Å². The molecule has 1 amide bonds. The van der Waals surface area contributed by atoms with Gasteiger partial charge in [0.2, 0.25) is 0 Å². The number of aryl methyl sites for hydroxylation is 1. The molecule has 7 nitrogen and oxygen atoms in total. The van der Waals surface area contributed by atoms with E-state index in [2.05, 4.69) is 5.32 Å². The minimum absolute atomic E-state index is 0. The second-order valence-corrected chi connectivity index (χ2v) is 7.17. The molecule has 0 fully saturated rings. The molecule has 0 aliphatic rings. The summed E-state index contributed by atoms with van der Waals surface area (Å²) in [5, 5.41) is 22.3. The molecule has 0 saturated carbocycles. The summed E-state index contributed by atoms with van der Waals surface area (Å²) in [6, 6.07) is 5.59. The normalized spacial score (nSPS) is 11.7. The molecular formula is C21H22ClFN2O5S. The SMILES string of the molecule is COc1cc2c(cc(C(=O)N[C@H](CO)c3ccc(C(=O)O)cc3F)n2C)c(Cl)c1C.S. The molecule has 3 rings (SSSR count). The third-order valence-electron chi connectivity index (χ3n) is 5.05. The van der Waals surface area contributed by atoms with Crippen LogP contribution in [0.1, 0.15) is 38.0 Å². The lowest BCUT2D eigenvalue weighted by molar-refractivity contribution is 0.0695. The van der Waals surface area contributed by atoms with Crippen molar-refractivity contribution >= 4 is 47.9 Å². The van der Waals surface area contributed by atoms with Gasteiger partial charge in [0.05, 0.1) is 35.9 Å². The van der Waals surface area contributed by atoms with Gasteiger partial charge in [-0.1, -0.05) is 17.7 Å². The molecule has 0 bridgehead atoms. The number of hydrogen-bond donors (Lipinski definition) is 3. The van der Waals surface area contributed by atoms with E-state index in [1.165, 1.54) is 19.2 Å². The van der Waals surface area contributed by atoms with E-state index in [0.29, 0.717) is 21.7 Å². The Bertz CT molecular complexity index is 1160. The van der Waals surface area contributed by atoms with Crippen LogP contribution in [0.15, 0.2) is 30.3 Å². The number of carboxylic acid groups (broad SMARTS) is 1. The fourth-order valence-corrected chi connectivity index (χ4v) is 3.58. The van der Waals surface area contributed by atoms with Crippen molar-refractivity contribution in [2.24, 2.45) is 7.05 Å². The average molecular weight is 469 g/mol. The molecule has 31 heavy (non-hydrogen) atoms. The number of amides is 1. The quantitative estimate of drug-likeness (QED) is 0.513. The van der Waals surface area contributed by atoms with Crippen LogP contribution < -0.4 is 10.1 Å². The van der Waals surface area contributed by atoms with Gasteiger partial charge in [-0.25, -0.2) is 9.18 Å². The van der Waals surface area contributed by atoms with E-state index in [4.69, 9.17) is 21.4 Å². The molecule has 1 heterocycles. The number of methoxy groups -OCH3 is 1. The van der Waals surface area contributed by atoms with E-state index >= 15 is 0 Å². The van der Waals surface area contributed by atoms with E-state index in [1.807, 2.05) is 0 Å². The molecule has 0 unspecified atom stereocenters. The van der Waals surface area contributed by atoms with Crippen LogP contribution in [0.3, 0.4) is 0 Å². The van der Waals surface area contributed by atoms with Crippen molar-refractivity contribution in [3.8, 4) is 5.75 Å². The highest BCUT2D eigenvalue weighted by atomic mass is 35.5. The Balaban J connectivity index is 0.00000341. The van der Waals surface area contributed by atoms with E-state index < -0.39 is 30.3 Å². The monoisotopic (exact) mass is 468 g/mol. The predicted octanol–water partition coefficient (Wildman–Crippen LogP) is 3.56. The number of carboxylic acids is 1. The fraction of sp³-hybridized carbons (Fsp3) is 0.238. The Morgan fingerprint density at radius 2 is 1.97 bits per heavy atom. The number of aliphatic hydroxyl groups is 1. The van der Waals surface area contributed by atoms with E-state index in [9.17, 15) is 19.1 Å². The Morgan fingerprint density at radius 3 is 2.52 bits per heavy atom. The summed E-state index contributed by atoms with van der Waals surface area (Å²) in [5.74, 6) is -2.09. The largest absolute Gasteiger partial charge is 0.496 e. The number of aromatic carboxylic acids is 1. The first-order valence-electron chi connectivity index (χ1n) is 8.96. The topological polar surface area (TPSA) is 101 Å². The number of nitrogens with zero attached hydrogens (tertiary/aromatic N) is 1. The molecule has 0 spiro atoms. The number of halogens is 2. The Hall–Kier alpha value is -2.75. The first kappa shape index (κ1) is 24.5. The van der Waals surface area contributed by atoms with Gasteiger partial charge < -0.3 is 24.8 Å². The Labute approximate surface area is 189 Å². The number of fused-ring (bicyclic) bond motifs is 1. The molecule has 0 aliphatic heterocycles. The van der Waals surface area contributed by atoms with Gasteiger partial charge in [-0.05, 0) is 25.1 Å². The van der Waals surface area contributed by atoms with Crippen LogP contribution in [0.25, 0.3) is 10.9 Å². The molecule has 2 aromatic carbocycles. The summed E-state index contributed by atoms with van der Waals surface area (Å²) >= 11 is 6.43. The average Bonchev–Trinajstić information content (AvgIpc) is 3.05. The van der Waals surface area contributed by atoms with Gasteiger partial charge in [0.25, 0.3) is 5.91 Å². The van der Waals surface area contributed by atoms with Crippen LogP contribution >= 0.6 is 25.1 Å². The number of carbonyl (C=O) groups is 2. The van der Waals surface area contributed by atoms with Crippen molar-refractivity contribution < 1.29 is 28.9 Å². The fourth-order valence-electron chi connectivity index (χ4n) is 3.34. The summed E-state index contributed by atoms with van der Waals surface area (Å²) in [6.07, 6.45) is 0. The van der Waals surface area contributed by atoms with Gasteiger partial charge in [0, 0.05) is 29.6 Å². The highest BCUT2D eigenvalue weighted by Gasteiger charge is 2.23. The standard InChI is InChI=1S/C21H20ClFN2O5.H2S/c1-10-18(30-3)8-16-13(19(10)22)7-17(25(16)2)20(27)24-15(9-26)12-5-4-11(21(28)29)6-14(12)23;/h4-8,15,26H,9H2,1-3H3,(H,24,27)(H,28,29);1H2/t15-;/m1./s1. The number of hydrogen-bond acceptors (Lipinski definition) is 4. The highest BCUT2D eigenvalue weighted by molar-refractivity contribution is 7.59. The molecule has 166 valence electrons. The molecule has 0 saturated heterocycles. The molecular weight excluding hydrogens is 447 g/mol. The van der Waals surface area contributed by atoms with E-state index in [0.717, 1.165) is 11.6 Å². The van der Waals surface area contributed by atoms with Crippen LogP contribution in [0.4, 0.5) is 4.39 Å². The van der Waals surface area contributed by atoms with Gasteiger partial charge in [-0.15, -0.1) is 0 Å². The van der Waals surface area contributed by atoms with Crippen molar-refractivity contribution in [3.05, 3.63) is 63.6 Å². The van der Waals surface area contributed by atoms with Crippen molar-refractivity contribution in [3.63, 3.8) is 0 Å². The summed E-state index contributed by atoms with van der Waals surface area (Å²) in [6.45, 7) is 1.23. The second kappa shape index (κ2) is 9.59. The van der Waals surface area contributed by atoms with Gasteiger partial charge in [0.15, 0.2) is 0 Å². The maximum Gasteiger partial charge on any atom is 0.335 e. The van der Waals surface area contributed by atoms with Crippen LogP contribution in [0.5, 0.6) is 5.75 Å². The van der Waals surface area contributed by atoms with Crippen molar-refractivity contribution in [2.75, 3.05) is 13.7 Å². The first-order chi connectivity index (χ1) is 14.2. The minimum atomic E-state index is -1.27. The third kappa shape index (κ3) is 4.48. The molecule has 0 aliphatic carbocycles. The molecule has 3 aromatic rings. The number of rotatable bonds is 6. The number of aromatic nitrogens is 1. The number of benzene rings is 2. The zero-order valence-corrected chi connectivity index (χ0v) is 18.7. The summed E-state index contributed by atoms with van der Waals surface area (Å²) in [5.41, 5.74) is 1.40. The highest BCUT2D eigenvalue weighted by Crippen LogP contribution is 2.35. The first-order valence-corrected chi connectivity index (χ1v) is 9.34. The Morgan fingerprint density at radius 1 is 1.29 bits per heavy atom. The number of nitrogens with one attached hydrogen (secondary N) is 1. The van der Waals surface area contributed by atoms with E-state index in [1.54, 1.807) is 30.7 Å². The van der Waals surface area contributed by atoms with Gasteiger partial charge >= 0.3 is 5.97 Å². The van der Waals surface area contributed by atoms with Crippen molar-refractivity contribution in [1.82, 2.24) is 9.88 Å². The predicted molar refractivity (Wildman–Crippen MR) is 120 cm³/mol. The zero-order chi connectivity index (χ0) is 22.2. The van der Waals surface area contributed by atoms with Gasteiger partial charge in [-0.2, -0.15) is 13.5 Å². The van der Waals surface area contributed by atoms with Crippen LogP contribution in [0, 0.1) is 12.7 Å². The van der Waals surface area contributed by atoms with Crippen molar-refractivity contribution in [1.29, 1.82) is 0 Å². The second-order valence-electron chi connectivity index (χ2n) is 6.79. The molecule has 1 aromatic heterocycles. The summed E-state index contributed by atoms with van der Waals surface area (Å²) < 4.78 is 21.3.